The van der Waals surface area contributed by atoms with E-state index in [4.69, 9.17) is 16.9 Å². The van der Waals surface area contributed by atoms with Crippen LogP contribution in [0, 0.1) is 11.3 Å². The maximum absolute atomic E-state index is 12.4. The van der Waals surface area contributed by atoms with Crippen molar-refractivity contribution in [2.45, 2.75) is 36.7 Å². The number of nitriles is 1. The van der Waals surface area contributed by atoms with E-state index in [0.717, 1.165) is 19.4 Å². The molecule has 1 aromatic carbocycles. The Hall–Kier alpha value is -0.840. The van der Waals surface area contributed by atoms with Gasteiger partial charge in [-0.3, -0.25) is 0 Å². The summed E-state index contributed by atoms with van der Waals surface area (Å²) in [7, 11) is -3.68. The molecule has 1 fully saturated rings. The first kappa shape index (κ1) is 18.2. The molecule has 0 amide bonds. The second-order valence-corrected chi connectivity index (χ2v) is 6.96. The molecule has 2 rings (SSSR count). The summed E-state index contributed by atoms with van der Waals surface area (Å²) in [6.07, 6.45) is 1.72. The fraction of sp³-hybridized carbons (Fsp3) is 0.462. The first-order chi connectivity index (χ1) is 9.44. The summed E-state index contributed by atoms with van der Waals surface area (Å²) in [5, 5.41) is 12.1. The van der Waals surface area contributed by atoms with Crippen molar-refractivity contribution in [3.05, 3.63) is 28.8 Å². The quantitative estimate of drug-likeness (QED) is 0.874. The molecule has 5 nitrogen and oxygen atoms in total. The predicted octanol–water partition coefficient (Wildman–Crippen LogP) is 2.05. The Labute approximate surface area is 136 Å². The number of piperidine rings is 1. The molecule has 21 heavy (non-hydrogen) atoms. The van der Waals surface area contributed by atoms with Crippen molar-refractivity contribution in [2.24, 2.45) is 0 Å². The highest BCUT2D eigenvalue weighted by atomic mass is 35.5. The standard InChI is InChI=1S/C13H16ClN3O2S.ClH/c1-9-12(3-2-6-16-9)17-20(18,19)13-5-4-10(8-15)7-11(13)14;/h4-5,7,9,12,16-17H,2-3,6H2,1H3;1H. The Kier molecular flexibility index (Phi) is 6.44. The molecule has 1 saturated heterocycles. The van der Waals surface area contributed by atoms with Gasteiger partial charge in [-0.1, -0.05) is 11.6 Å². The van der Waals surface area contributed by atoms with E-state index >= 15 is 0 Å². The zero-order valence-corrected chi connectivity index (χ0v) is 13.9. The molecule has 0 aromatic heterocycles. The van der Waals surface area contributed by atoms with Crippen molar-refractivity contribution < 1.29 is 8.42 Å². The highest BCUT2D eigenvalue weighted by Gasteiger charge is 2.27. The van der Waals surface area contributed by atoms with Crippen LogP contribution in [0.2, 0.25) is 5.02 Å². The van der Waals surface area contributed by atoms with Gasteiger partial charge in [0.25, 0.3) is 0 Å². The first-order valence-corrected chi connectivity index (χ1v) is 8.25. The van der Waals surface area contributed by atoms with Gasteiger partial charge in [-0.15, -0.1) is 12.4 Å². The van der Waals surface area contributed by atoms with E-state index in [1.165, 1.54) is 18.2 Å². The maximum atomic E-state index is 12.4. The van der Waals surface area contributed by atoms with Gasteiger partial charge in [0.2, 0.25) is 10.0 Å². The van der Waals surface area contributed by atoms with Crippen LogP contribution >= 0.6 is 24.0 Å². The van der Waals surface area contributed by atoms with E-state index in [9.17, 15) is 8.42 Å². The normalized spacial score (nSPS) is 22.1. The molecule has 0 spiro atoms. The molecule has 0 aliphatic carbocycles. The van der Waals surface area contributed by atoms with Crippen LogP contribution in [0.4, 0.5) is 0 Å². The molecule has 8 heteroatoms. The van der Waals surface area contributed by atoms with Crippen LogP contribution in [0.1, 0.15) is 25.3 Å². The molecule has 2 N–H and O–H groups in total. The molecule has 1 aliphatic rings. The molecule has 0 saturated carbocycles. The third-order valence-corrected chi connectivity index (χ3v) is 5.39. The van der Waals surface area contributed by atoms with Crippen molar-refractivity contribution in [2.75, 3.05) is 6.54 Å². The number of nitrogens with one attached hydrogen (secondary N) is 2. The van der Waals surface area contributed by atoms with Crippen molar-refractivity contribution in [1.82, 2.24) is 10.0 Å². The molecule has 0 radical (unpaired) electrons. The molecule has 2 unspecified atom stereocenters. The number of hydrogen-bond acceptors (Lipinski definition) is 4. The van der Waals surface area contributed by atoms with Crippen molar-refractivity contribution >= 4 is 34.0 Å². The molecular formula is C13H17Cl2N3O2S. The predicted molar refractivity (Wildman–Crippen MR) is 84.2 cm³/mol. The van der Waals surface area contributed by atoms with Crippen LogP contribution in [0.15, 0.2) is 23.1 Å². The van der Waals surface area contributed by atoms with Gasteiger partial charge in [-0.05, 0) is 44.5 Å². The Morgan fingerprint density at radius 2 is 2.19 bits per heavy atom. The summed E-state index contributed by atoms with van der Waals surface area (Å²) in [4.78, 5) is 0.0101. The van der Waals surface area contributed by atoms with Crippen LogP contribution in [0.25, 0.3) is 0 Å². The smallest absolute Gasteiger partial charge is 0.242 e. The lowest BCUT2D eigenvalue weighted by atomic mass is 10.0. The molecule has 116 valence electrons. The van der Waals surface area contributed by atoms with Crippen LogP contribution in [0.5, 0.6) is 0 Å². The molecule has 1 heterocycles. The first-order valence-electron chi connectivity index (χ1n) is 6.39. The van der Waals surface area contributed by atoms with Gasteiger partial charge >= 0.3 is 0 Å². The molecule has 0 bridgehead atoms. The minimum absolute atomic E-state index is 0. The third-order valence-electron chi connectivity index (χ3n) is 3.42. The number of nitrogens with zero attached hydrogens (tertiary/aromatic N) is 1. The van der Waals surface area contributed by atoms with Gasteiger partial charge in [0.15, 0.2) is 0 Å². The minimum Gasteiger partial charge on any atom is -0.313 e. The fourth-order valence-electron chi connectivity index (χ4n) is 2.26. The van der Waals surface area contributed by atoms with E-state index in [0.29, 0.717) is 5.56 Å². The summed E-state index contributed by atoms with van der Waals surface area (Å²) in [5.41, 5.74) is 0.335. The van der Waals surface area contributed by atoms with Gasteiger partial charge in [-0.25, -0.2) is 13.1 Å². The lowest BCUT2D eigenvalue weighted by Crippen LogP contribution is -2.51. The second-order valence-electron chi connectivity index (χ2n) is 4.87. The Balaban J connectivity index is 0.00000220. The molecule has 1 aliphatic heterocycles. The lowest BCUT2D eigenvalue weighted by molar-refractivity contribution is 0.349. The summed E-state index contributed by atoms with van der Waals surface area (Å²) in [6.45, 7) is 2.85. The van der Waals surface area contributed by atoms with E-state index in [1.807, 2.05) is 13.0 Å². The van der Waals surface area contributed by atoms with Gasteiger partial charge in [0.1, 0.15) is 4.90 Å². The lowest BCUT2D eigenvalue weighted by Gasteiger charge is -2.30. The topological polar surface area (TPSA) is 82.0 Å². The van der Waals surface area contributed by atoms with E-state index in [2.05, 4.69) is 10.0 Å². The van der Waals surface area contributed by atoms with Crippen molar-refractivity contribution in [1.29, 1.82) is 5.26 Å². The number of hydrogen-bond donors (Lipinski definition) is 2. The zero-order valence-electron chi connectivity index (χ0n) is 11.5. The molecular weight excluding hydrogens is 333 g/mol. The van der Waals surface area contributed by atoms with Crippen LogP contribution in [-0.2, 0) is 10.0 Å². The van der Waals surface area contributed by atoms with Crippen LogP contribution in [-0.4, -0.2) is 27.0 Å². The fourth-order valence-corrected chi connectivity index (χ4v) is 4.15. The average Bonchev–Trinajstić information content (AvgIpc) is 2.40. The number of benzene rings is 1. The largest absolute Gasteiger partial charge is 0.313 e. The van der Waals surface area contributed by atoms with Gasteiger partial charge in [-0.2, -0.15) is 5.26 Å². The Bertz CT molecular complexity index is 643. The zero-order chi connectivity index (χ0) is 14.8. The average molecular weight is 350 g/mol. The minimum atomic E-state index is -3.68. The number of sulfonamides is 1. The Morgan fingerprint density at radius 3 is 2.76 bits per heavy atom. The SMILES string of the molecule is CC1NCCCC1NS(=O)(=O)c1ccc(C#N)cc1Cl.Cl. The summed E-state index contributed by atoms with van der Waals surface area (Å²) >= 11 is 5.96. The van der Waals surface area contributed by atoms with Crippen LogP contribution in [0.3, 0.4) is 0 Å². The molecule has 1 aromatic rings. The van der Waals surface area contributed by atoms with Crippen molar-refractivity contribution in [3.8, 4) is 6.07 Å². The van der Waals surface area contributed by atoms with Gasteiger partial charge in [0.05, 0.1) is 16.7 Å². The summed E-state index contributed by atoms with van der Waals surface area (Å²) in [6, 6.07) is 6.02. The maximum Gasteiger partial charge on any atom is 0.242 e. The number of halogens is 2. The van der Waals surface area contributed by atoms with E-state index < -0.39 is 10.0 Å². The number of rotatable bonds is 3. The third kappa shape index (κ3) is 4.31. The highest BCUT2D eigenvalue weighted by Crippen LogP contribution is 2.23. The highest BCUT2D eigenvalue weighted by molar-refractivity contribution is 7.89. The van der Waals surface area contributed by atoms with Gasteiger partial charge in [0, 0.05) is 12.1 Å². The van der Waals surface area contributed by atoms with E-state index in [-0.39, 0.29) is 34.4 Å². The Morgan fingerprint density at radius 1 is 1.48 bits per heavy atom. The summed E-state index contributed by atoms with van der Waals surface area (Å²) < 4.78 is 27.4. The van der Waals surface area contributed by atoms with Crippen LogP contribution < -0.4 is 10.0 Å². The van der Waals surface area contributed by atoms with Gasteiger partial charge < -0.3 is 5.32 Å². The second kappa shape index (κ2) is 7.43. The van der Waals surface area contributed by atoms with E-state index in [1.54, 1.807) is 0 Å². The molecule has 2 atom stereocenters. The monoisotopic (exact) mass is 349 g/mol. The summed E-state index contributed by atoms with van der Waals surface area (Å²) in [5.74, 6) is 0. The van der Waals surface area contributed by atoms with Crippen molar-refractivity contribution in [3.63, 3.8) is 0 Å².